The zero-order valence-electron chi connectivity index (χ0n) is 11.4. The van der Waals surface area contributed by atoms with E-state index in [0.29, 0.717) is 12.8 Å². The molecule has 0 bridgehead atoms. The Morgan fingerprint density at radius 1 is 1.28 bits per heavy atom. The molecule has 0 radical (unpaired) electrons. The highest BCUT2D eigenvalue weighted by Crippen LogP contribution is 2.59. The van der Waals surface area contributed by atoms with E-state index in [1.54, 1.807) is 20.8 Å². The summed E-state index contributed by atoms with van der Waals surface area (Å²) in [5.74, 6) is 0.243. The average Bonchev–Trinajstić information content (AvgIpc) is 3.01. The highest BCUT2D eigenvalue weighted by molar-refractivity contribution is 7.91. The molecule has 0 saturated heterocycles. The Kier molecular flexibility index (Phi) is 2.92. The molecule has 0 heterocycles. The van der Waals surface area contributed by atoms with Crippen molar-refractivity contribution in [1.82, 2.24) is 4.31 Å². The second-order valence-electron chi connectivity index (χ2n) is 6.29. The molecule has 0 aliphatic heterocycles. The summed E-state index contributed by atoms with van der Waals surface area (Å²) in [6.07, 6.45) is 2.48. The van der Waals surface area contributed by atoms with Gasteiger partial charge in [0.2, 0.25) is 10.0 Å². The second kappa shape index (κ2) is 3.85. The Morgan fingerprint density at radius 2 is 1.78 bits per heavy atom. The third kappa shape index (κ3) is 2.22. The van der Waals surface area contributed by atoms with Crippen LogP contribution in [0.25, 0.3) is 0 Å². The first-order valence-corrected chi connectivity index (χ1v) is 7.76. The molecular formula is C12H21NO4S. The number of hydrogen-bond donors (Lipinski definition) is 0. The van der Waals surface area contributed by atoms with E-state index in [2.05, 4.69) is 0 Å². The summed E-state index contributed by atoms with van der Waals surface area (Å²) in [6, 6.07) is 0. The van der Waals surface area contributed by atoms with E-state index in [1.165, 1.54) is 7.05 Å². The number of amides is 1. The van der Waals surface area contributed by atoms with Gasteiger partial charge in [0.15, 0.2) is 0 Å². The van der Waals surface area contributed by atoms with Crippen molar-refractivity contribution in [3.8, 4) is 0 Å². The molecule has 0 aromatic carbocycles. The van der Waals surface area contributed by atoms with Gasteiger partial charge in [-0.3, -0.25) is 0 Å². The second-order valence-corrected chi connectivity index (χ2v) is 8.60. The van der Waals surface area contributed by atoms with Crippen molar-refractivity contribution in [3.63, 3.8) is 0 Å². The molecule has 104 valence electrons. The molecule has 18 heavy (non-hydrogen) atoms. The van der Waals surface area contributed by atoms with Crippen molar-refractivity contribution < 1.29 is 17.9 Å². The predicted molar refractivity (Wildman–Crippen MR) is 67.6 cm³/mol. The molecule has 2 aliphatic rings. The summed E-state index contributed by atoms with van der Waals surface area (Å²) in [5.41, 5.74) is -0.683. The molecule has 2 saturated carbocycles. The van der Waals surface area contributed by atoms with Crippen molar-refractivity contribution >= 4 is 16.1 Å². The lowest BCUT2D eigenvalue weighted by molar-refractivity contribution is 0.0418. The third-order valence-corrected chi connectivity index (χ3v) is 6.23. The van der Waals surface area contributed by atoms with E-state index in [1.807, 2.05) is 0 Å². The van der Waals surface area contributed by atoms with Gasteiger partial charge in [-0.1, -0.05) is 0 Å². The van der Waals surface area contributed by atoms with Crippen LogP contribution in [-0.4, -0.2) is 36.2 Å². The number of rotatable bonds is 3. The molecule has 1 amide bonds. The molecule has 0 spiro atoms. The maximum absolute atomic E-state index is 12.4. The smallest absolute Gasteiger partial charge is 0.423 e. The van der Waals surface area contributed by atoms with Crippen molar-refractivity contribution in [1.29, 1.82) is 0 Å². The molecular weight excluding hydrogens is 254 g/mol. The zero-order valence-corrected chi connectivity index (χ0v) is 12.2. The van der Waals surface area contributed by atoms with Gasteiger partial charge >= 0.3 is 6.09 Å². The van der Waals surface area contributed by atoms with Crippen LogP contribution >= 0.6 is 0 Å². The normalized spacial score (nSPS) is 22.4. The van der Waals surface area contributed by atoms with Gasteiger partial charge in [-0.15, -0.1) is 0 Å². The lowest BCUT2D eigenvalue weighted by Crippen LogP contribution is -2.44. The highest BCUT2D eigenvalue weighted by Gasteiger charge is 2.65. The first-order chi connectivity index (χ1) is 8.10. The fourth-order valence-corrected chi connectivity index (χ4v) is 4.36. The van der Waals surface area contributed by atoms with Gasteiger partial charge in [0, 0.05) is 7.05 Å². The summed E-state index contributed by atoms with van der Waals surface area (Å²) >= 11 is 0. The highest BCUT2D eigenvalue weighted by atomic mass is 32.2. The number of ether oxygens (including phenoxy) is 1. The average molecular weight is 275 g/mol. The van der Waals surface area contributed by atoms with Gasteiger partial charge in [-0.2, -0.15) is 0 Å². The van der Waals surface area contributed by atoms with E-state index < -0.39 is 26.5 Å². The fraction of sp³-hybridized carbons (Fsp3) is 0.917. The summed E-state index contributed by atoms with van der Waals surface area (Å²) in [7, 11) is -2.28. The standard InChI is InChI=1S/C12H21NO4S/c1-11(2,3)17-10(14)13(4)18(15,16)12(7-8-12)9-5-6-9/h9H,5-8H2,1-4H3. The summed E-state index contributed by atoms with van der Waals surface area (Å²) in [6.45, 7) is 5.16. The molecule has 0 aromatic heterocycles. The maximum atomic E-state index is 12.4. The SMILES string of the molecule is CN(C(=O)OC(C)(C)C)S(=O)(=O)C1(C2CC2)CC1. The minimum atomic E-state index is -3.58. The summed E-state index contributed by atoms with van der Waals surface area (Å²) < 4.78 is 30.1. The van der Waals surface area contributed by atoms with E-state index in [-0.39, 0.29) is 5.92 Å². The lowest BCUT2D eigenvalue weighted by Gasteiger charge is -2.27. The fourth-order valence-electron chi connectivity index (χ4n) is 2.31. The topological polar surface area (TPSA) is 63.7 Å². The Morgan fingerprint density at radius 3 is 2.11 bits per heavy atom. The summed E-state index contributed by atoms with van der Waals surface area (Å²) in [5, 5.41) is 0. The Bertz CT molecular complexity index is 455. The Balaban J connectivity index is 2.13. The zero-order chi connectivity index (χ0) is 13.8. The first-order valence-electron chi connectivity index (χ1n) is 6.32. The number of sulfonamides is 1. The van der Waals surface area contributed by atoms with Crippen LogP contribution in [0.2, 0.25) is 0 Å². The number of hydrogen-bond acceptors (Lipinski definition) is 4. The van der Waals surface area contributed by atoms with Crippen LogP contribution in [0, 0.1) is 5.92 Å². The minimum Gasteiger partial charge on any atom is -0.443 e. The van der Waals surface area contributed by atoms with Gasteiger partial charge in [0.1, 0.15) is 5.60 Å². The van der Waals surface area contributed by atoms with Gasteiger partial charge in [-0.05, 0) is 52.4 Å². The van der Waals surface area contributed by atoms with Crippen molar-refractivity contribution in [3.05, 3.63) is 0 Å². The predicted octanol–water partition coefficient (Wildman–Crippen LogP) is 2.13. The molecule has 2 aliphatic carbocycles. The van der Waals surface area contributed by atoms with Crippen LogP contribution in [0.4, 0.5) is 4.79 Å². The molecule has 5 nitrogen and oxygen atoms in total. The van der Waals surface area contributed by atoms with E-state index in [4.69, 9.17) is 4.74 Å². The van der Waals surface area contributed by atoms with E-state index >= 15 is 0 Å². The monoisotopic (exact) mass is 275 g/mol. The number of carbonyl (C=O) groups is 1. The number of carbonyl (C=O) groups excluding carboxylic acids is 1. The molecule has 0 aromatic rings. The molecule has 0 atom stereocenters. The van der Waals surface area contributed by atoms with Gasteiger partial charge < -0.3 is 4.74 Å². The van der Waals surface area contributed by atoms with Crippen LogP contribution in [0.1, 0.15) is 46.5 Å². The molecule has 2 rings (SSSR count). The number of nitrogens with zero attached hydrogens (tertiary/aromatic N) is 1. The van der Waals surface area contributed by atoms with E-state index in [0.717, 1.165) is 17.1 Å². The van der Waals surface area contributed by atoms with Crippen LogP contribution < -0.4 is 0 Å². The first kappa shape index (κ1) is 13.6. The third-order valence-electron chi connectivity index (χ3n) is 3.59. The summed E-state index contributed by atoms with van der Waals surface area (Å²) in [4.78, 5) is 11.8. The molecule has 2 fully saturated rings. The maximum Gasteiger partial charge on any atom is 0.423 e. The van der Waals surface area contributed by atoms with Crippen molar-refractivity contribution in [2.45, 2.75) is 56.8 Å². The van der Waals surface area contributed by atoms with Gasteiger partial charge in [-0.25, -0.2) is 17.5 Å². The van der Waals surface area contributed by atoms with Crippen LogP contribution in [-0.2, 0) is 14.8 Å². The van der Waals surface area contributed by atoms with Crippen molar-refractivity contribution in [2.75, 3.05) is 7.05 Å². The van der Waals surface area contributed by atoms with Crippen LogP contribution in [0.15, 0.2) is 0 Å². The van der Waals surface area contributed by atoms with Gasteiger partial charge in [0.25, 0.3) is 0 Å². The Labute approximate surface area is 109 Å². The molecule has 0 unspecified atom stereocenters. The van der Waals surface area contributed by atoms with Gasteiger partial charge in [0.05, 0.1) is 4.75 Å². The minimum absolute atomic E-state index is 0.243. The van der Waals surface area contributed by atoms with Crippen molar-refractivity contribution in [2.24, 2.45) is 5.92 Å². The Hall–Kier alpha value is -0.780. The quantitative estimate of drug-likeness (QED) is 0.791. The van der Waals surface area contributed by atoms with E-state index in [9.17, 15) is 13.2 Å². The molecule has 6 heteroatoms. The largest absolute Gasteiger partial charge is 0.443 e. The molecule has 0 N–H and O–H groups in total. The van der Waals surface area contributed by atoms with Crippen LogP contribution in [0.3, 0.4) is 0 Å². The van der Waals surface area contributed by atoms with Crippen LogP contribution in [0.5, 0.6) is 0 Å². The lowest BCUT2D eigenvalue weighted by atomic mass is 10.2.